The Balaban J connectivity index is 2.55. The van der Waals surface area contributed by atoms with E-state index in [0.29, 0.717) is 23.6 Å². The predicted molar refractivity (Wildman–Crippen MR) is 70.9 cm³/mol. The Hall–Kier alpha value is -0.140. The minimum Gasteiger partial charge on any atom is -0.379 e. The van der Waals surface area contributed by atoms with Crippen molar-refractivity contribution in [2.75, 3.05) is 25.6 Å². The van der Waals surface area contributed by atoms with Crippen molar-refractivity contribution >= 4 is 37.6 Å². The van der Waals surface area contributed by atoms with Crippen molar-refractivity contribution in [1.29, 1.82) is 0 Å². The van der Waals surface area contributed by atoms with Gasteiger partial charge in [-0.25, -0.2) is 13.1 Å². The molecule has 4 nitrogen and oxygen atoms in total. The van der Waals surface area contributed by atoms with Gasteiger partial charge in [0.2, 0.25) is 10.0 Å². The molecule has 1 aromatic carbocycles. The number of nitrogens with one attached hydrogen (secondary N) is 1. The molecule has 0 unspecified atom stereocenters. The van der Waals surface area contributed by atoms with Crippen LogP contribution >= 0.6 is 27.5 Å². The molecule has 0 aliphatic heterocycles. The van der Waals surface area contributed by atoms with Crippen LogP contribution in [0.15, 0.2) is 33.6 Å². The van der Waals surface area contributed by atoms with Crippen LogP contribution in [0.2, 0.25) is 0 Å². The summed E-state index contributed by atoms with van der Waals surface area (Å²) in [7, 11) is -3.49. The lowest BCUT2D eigenvalue weighted by Crippen LogP contribution is -2.27. The van der Waals surface area contributed by atoms with Crippen LogP contribution in [0.1, 0.15) is 0 Å². The predicted octanol–water partition coefficient (Wildman–Crippen LogP) is 1.98. The van der Waals surface area contributed by atoms with Crippen molar-refractivity contribution in [2.45, 2.75) is 4.90 Å². The maximum absolute atomic E-state index is 11.9. The Bertz CT molecular complexity index is 453. The van der Waals surface area contributed by atoms with E-state index >= 15 is 0 Å². The van der Waals surface area contributed by atoms with Gasteiger partial charge in [0, 0.05) is 16.9 Å². The number of hydrogen-bond donors (Lipinski definition) is 1. The first-order valence-corrected chi connectivity index (χ1v) is 7.77. The molecule has 0 aliphatic carbocycles. The highest BCUT2D eigenvalue weighted by Crippen LogP contribution is 2.20. The Morgan fingerprint density at radius 1 is 1.29 bits per heavy atom. The minimum atomic E-state index is -3.49. The summed E-state index contributed by atoms with van der Waals surface area (Å²) in [5.41, 5.74) is 0. The highest BCUT2D eigenvalue weighted by Gasteiger charge is 2.15. The van der Waals surface area contributed by atoms with Gasteiger partial charge in [-0.1, -0.05) is 12.1 Å². The molecule has 0 aromatic heterocycles. The van der Waals surface area contributed by atoms with Gasteiger partial charge in [-0.15, -0.1) is 11.6 Å². The lowest BCUT2D eigenvalue weighted by molar-refractivity contribution is 0.155. The summed E-state index contributed by atoms with van der Waals surface area (Å²) in [6.07, 6.45) is 0. The zero-order valence-electron chi connectivity index (χ0n) is 9.03. The lowest BCUT2D eigenvalue weighted by atomic mass is 10.4. The molecule has 0 spiro atoms. The van der Waals surface area contributed by atoms with Gasteiger partial charge in [-0.05, 0) is 28.1 Å². The third kappa shape index (κ3) is 4.93. The van der Waals surface area contributed by atoms with Crippen LogP contribution in [-0.4, -0.2) is 34.1 Å². The summed E-state index contributed by atoms with van der Waals surface area (Å²) in [5.74, 6) is 0.400. The molecule has 0 bridgehead atoms. The first-order valence-electron chi connectivity index (χ1n) is 4.96. The highest BCUT2D eigenvalue weighted by atomic mass is 79.9. The minimum absolute atomic E-state index is 0.220. The van der Waals surface area contributed by atoms with Gasteiger partial charge in [0.25, 0.3) is 0 Å². The Labute approximate surface area is 114 Å². The fourth-order valence-corrected chi connectivity index (χ4v) is 3.27. The molecule has 1 rings (SSSR count). The molecule has 17 heavy (non-hydrogen) atoms. The van der Waals surface area contributed by atoms with E-state index in [-0.39, 0.29) is 11.4 Å². The van der Waals surface area contributed by atoms with Gasteiger partial charge in [-0.3, -0.25) is 0 Å². The van der Waals surface area contributed by atoms with Gasteiger partial charge in [-0.2, -0.15) is 0 Å². The van der Waals surface area contributed by atoms with E-state index < -0.39 is 10.0 Å². The smallest absolute Gasteiger partial charge is 0.241 e. The summed E-state index contributed by atoms with van der Waals surface area (Å²) in [5, 5.41) is 0. The molecule has 96 valence electrons. The average Bonchev–Trinajstić information content (AvgIpc) is 2.29. The number of alkyl halides is 1. The molecule has 0 fully saturated rings. The Morgan fingerprint density at radius 3 is 2.65 bits per heavy atom. The fourth-order valence-electron chi connectivity index (χ4n) is 1.15. The standard InChI is InChI=1S/C10H13BrClNO3S/c11-9-3-1-2-4-10(9)17(14,15)13-6-8-16-7-5-12/h1-4,13H,5-8H2. The molecule has 0 saturated heterocycles. The zero-order valence-corrected chi connectivity index (χ0v) is 12.2. The van der Waals surface area contributed by atoms with E-state index in [9.17, 15) is 8.42 Å². The average molecular weight is 343 g/mol. The van der Waals surface area contributed by atoms with Crippen molar-refractivity contribution in [1.82, 2.24) is 4.72 Å². The topological polar surface area (TPSA) is 55.4 Å². The largest absolute Gasteiger partial charge is 0.379 e. The Morgan fingerprint density at radius 2 is 2.00 bits per heavy atom. The monoisotopic (exact) mass is 341 g/mol. The second-order valence-corrected chi connectivity index (χ2v) is 6.10. The molecule has 0 amide bonds. The van der Waals surface area contributed by atoms with Crippen molar-refractivity contribution < 1.29 is 13.2 Å². The number of halogens is 2. The quantitative estimate of drug-likeness (QED) is 0.609. The number of sulfonamides is 1. The van der Waals surface area contributed by atoms with Gasteiger partial charge in [0.15, 0.2) is 0 Å². The highest BCUT2D eigenvalue weighted by molar-refractivity contribution is 9.10. The van der Waals surface area contributed by atoms with E-state index in [4.69, 9.17) is 16.3 Å². The van der Waals surface area contributed by atoms with E-state index in [1.807, 2.05) is 0 Å². The molecule has 0 radical (unpaired) electrons. The van der Waals surface area contributed by atoms with Crippen LogP contribution in [0.25, 0.3) is 0 Å². The first kappa shape index (κ1) is 14.9. The van der Waals surface area contributed by atoms with Crippen LogP contribution in [0, 0.1) is 0 Å². The maximum Gasteiger partial charge on any atom is 0.241 e. The number of rotatable bonds is 7. The SMILES string of the molecule is O=S(=O)(NCCOCCCl)c1ccccc1Br. The summed E-state index contributed by atoms with van der Waals surface area (Å²) in [6.45, 7) is 0.940. The summed E-state index contributed by atoms with van der Waals surface area (Å²) >= 11 is 8.62. The first-order chi connectivity index (χ1) is 8.08. The molecule has 7 heteroatoms. The van der Waals surface area contributed by atoms with Gasteiger partial charge < -0.3 is 4.74 Å². The molecule has 0 saturated carbocycles. The zero-order chi connectivity index (χ0) is 12.7. The normalized spacial score (nSPS) is 11.6. The Kier molecular flexibility index (Phi) is 6.43. The molecule has 1 aromatic rings. The van der Waals surface area contributed by atoms with E-state index in [1.165, 1.54) is 6.07 Å². The number of benzene rings is 1. The number of ether oxygens (including phenoxy) is 1. The van der Waals surface area contributed by atoms with Crippen molar-refractivity contribution in [3.8, 4) is 0 Å². The van der Waals surface area contributed by atoms with Crippen LogP contribution in [0.3, 0.4) is 0 Å². The van der Waals surface area contributed by atoms with Crippen molar-refractivity contribution in [3.63, 3.8) is 0 Å². The number of hydrogen-bond acceptors (Lipinski definition) is 3. The molecule has 0 aliphatic rings. The van der Waals surface area contributed by atoms with Crippen LogP contribution in [0.4, 0.5) is 0 Å². The molecule has 1 N–H and O–H groups in total. The second-order valence-electron chi connectivity index (χ2n) is 3.13. The van der Waals surface area contributed by atoms with Crippen molar-refractivity contribution in [2.24, 2.45) is 0 Å². The van der Waals surface area contributed by atoms with E-state index in [2.05, 4.69) is 20.7 Å². The van der Waals surface area contributed by atoms with Crippen LogP contribution in [-0.2, 0) is 14.8 Å². The molecule has 0 heterocycles. The van der Waals surface area contributed by atoms with Gasteiger partial charge >= 0.3 is 0 Å². The summed E-state index contributed by atoms with van der Waals surface area (Å²) in [4.78, 5) is 0.220. The van der Waals surface area contributed by atoms with Crippen molar-refractivity contribution in [3.05, 3.63) is 28.7 Å². The lowest BCUT2D eigenvalue weighted by Gasteiger charge is -2.08. The molecule has 0 atom stereocenters. The molecular formula is C10H13BrClNO3S. The summed E-state index contributed by atoms with van der Waals surface area (Å²) < 4.78 is 31.8. The molecular weight excluding hydrogens is 330 g/mol. The summed E-state index contributed by atoms with van der Waals surface area (Å²) in [6, 6.07) is 6.64. The van der Waals surface area contributed by atoms with Crippen LogP contribution in [0.5, 0.6) is 0 Å². The van der Waals surface area contributed by atoms with E-state index in [1.54, 1.807) is 18.2 Å². The third-order valence-electron chi connectivity index (χ3n) is 1.89. The van der Waals surface area contributed by atoms with Gasteiger partial charge in [0.05, 0.1) is 18.1 Å². The fraction of sp³-hybridized carbons (Fsp3) is 0.400. The van der Waals surface area contributed by atoms with Gasteiger partial charge in [0.1, 0.15) is 0 Å². The maximum atomic E-state index is 11.9. The second kappa shape index (κ2) is 7.33. The van der Waals surface area contributed by atoms with E-state index in [0.717, 1.165) is 0 Å². The van der Waals surface area contributed by atoms with Crippen LogP contribution < -0.4 is 4.72 Å². The third-order valence-corrected chi connectivity index (χ3v) is 4.51.